The SMILES string of the molecule is O=C(O)CCCCC(=O)OCCOCCOCCOCCCl. The van der Waals surface area contributed by atoms with Gasteiger partial charge in [-0.2, -0.15) is 0 Å². The Hall–Kier alpha value is -0.890. The normalized spacial score (nSPS) is 10.6. The van der Waals surface area contributed by atoms with Crippen LogP contribution in [0.3, 0.4) is 0 Å². The number of unbranched alkanes of at least 4 members (excludes halogenated alkanes) is 1. The lowest BCUT2D eigenvalue weighted by Gasteiger charge is -2.07. The van der Waals surface area contributed by atoms with Crippen LogP contribution in [-0.2, 0) is 28.5 Å². The van der Waals surface area contributed by atoms with E-state index in [0.717, 1.165) is 0 Å². The third kappa shape index (κ3) is 17.2. The summed E-state index contributed by atoms with van der Waals surface area (Å²) in [7, 11) is 0. The predicted octanol–water partition coefficient (Wildman–Crippen LogP) is 1.46. The number of ether oxygens (including phenoxy) is 4. The zero-order valence-electron chi connectivity index (χ0n) is 12.8. The molecule has 0 saturated carbocycles. The Labute approximate surface area is 135 Å². The predicted molar refractivity (Wildman–Crippen MR) is 80.2 cm³/mol. The first-order valence-corrected chi connectivity index (χ1v) is 7.87. The second kappa shape index (κ2) is 16.5. The van der Waals surface area contributed by atoms with Gasteiger partial charge in [0, 0.05) is 18.7 Å². The van der Waals surface area contributed by atoms with Crippen molar-refractivity contribution in [3.63, 3.8) is 0 Å². The average molecular weight is 341 g/mol. The summed E-state index contributed by atoms with van der Waals surface area (Å²) in [6.45, 7) is 2.89. The Kier molecular flexibility index (Phi) is 15.8. The zero-order valence-corrected chi connectivity index (χ0v) is 13.5. The van der Waals surface area contributed by atoms with E-state index in [4.69, 9.17) is 35.7 Å². The maximum absolute atomic E-state index is 11.3. The van der Waals surface area contributed by atoms with Crippen LogP contribution in [-0.4, -0.2) is 69.2 Å². The third-order valence-electron chi connectivity index (χ3n) is 2.48. The van der Waals surface area contributed by atoms with E-state index in [1.807, 2.05) is 0 Å². The molecule has 0 aliphatic carbocycles. The number of carboxylic acids is 1. The number of hydrogen-bond donors (Lipinski definition) is 1. The van der Waals surface area contributed by atoms with E-state index < -0.39 is 5.97 Å². The monoisotopic (exact) mass is 340 g/mol. The number of halogens is 1. The van der Waals surface area contributed by atoms with Crippen molar-refractivity contribution in [1.82, 2.24) is 0 Å². The molecule has 0 fully saturated rings. The average Bonchev–Trinajstić information content (AvgIpc) is 2.49. The highest BCUT2D eigenvalue weighted by Crippen LogP contribution is 2.01. The lowest BCUT2D eigenvalue weighted by atomic mass is 10.2. The molecule has 0 bridgehead atoms. The van der Waals surface area contributed by atoms with Crippen LogP contribution in [0.2, 0.25) is 0 Å². The summed E-state index contributed by atoms with van der Waals surface area (Å²) >= 11 is 5.44. The van der Waals surface area contributed by atoms with Crippen molar-refractivity contribution in [3.05, 3.63) is 0 Å². The molecule has 0 aliphatic heterocycles. The molecule has 0 rings (SSSR count). The molecule has 22 heavy (non-hydrogen) atoms. The molecule has 0 spiro atoms. The van der Waals surface area contributed by atoms with E-state index in [1.165, 1.54) is 0 Å². The first-order chi connectivity index (χ1) is 10.7. The second-order valence-electron chi connectivity index (χ2n) is 4.35. The van der Waals surface area contributed by atoms with Crippen LogP contribution >= 0.6 is 11.6 Å². The topological polar surface area (TPSA) is 91.3 Å². The summed E-state index contributed by atoms with van der Waals surface area (Å²) < 4.78 is 20.5. The van der Waals surface area contributed by atoms with Gasteiger partial charge in [0.1, 0.15) is 6.61 Å². The second-order valence-corrected chi connectivity index (χ2v) is 4.73. The smallest absolute Gasteiger partial charge is 0.305 e. The number of carbonyl (C=O) groups excluding carboxylic acids is 1. The molecule has 0 aromatic rings. The van der Waals surface area contributed by atoms with Crippen molar-refractivity contribution < 1.29 is 33.6 Å². The minimum atomic E-state index is -0.852. The molecule has 130 valence electrons. The van der Waals surface area contributed by atoms with Gasteiger partial charge >= 0.3 is 11.9 Å². The quantitative estimate of drug-likeness (QED) is 0.258. The standard InChI is InChI=1S/C14H25ClO7/c15-5-6-19-7-8-20-9-10-21-11-12-22-14(18)4-2-1-3-13(16)17/h1-12H2,(H,16,17). The fourth-order valence-electron chi connectivity index (χ4n) is 1.43. The first-order valence-electron chi connectivity index (χ1n) is 7.33. The molecular weight excluding hydrogens is 316 g/mol. The first kappa shape index (κ1) is 21.1. The van der Waals surface area contributed by atoms with Crippen molar-refractivity contribution in [2.75, 3.05) is 52.1 Å². The van der Waals surface area contributed by atoms with E-state index in [9.17, 15) is 9.59 Å². The minimum absolute atomic E-state index is 0.0767. The molecule has 0 aromatic heterocycles. The summed E-state index contributed by atoms with van der Waals surface area (Å²) in [4.78, 5) is 21.5. The number of rotatable bonds is 16. The molecule has 0 heterocycles. The van der Waals surface area contributed by atoms with E-state index in [0.29, 0.717) is 58.4 Å². The van der Waals surface area contributed by atoms with Gasteiger partial charge in [-0.3, -0.25) is 9.59 Å². The molecule has 7 nitrogen and oxygen atoms in total. The van der Waals surface area contributed by atoms with Gasteiger partial charge in [0.2, 0.25) is 0 Å². The third-order valence-corrected chi connectivity index (χ3v) is 2.63. The highest BCUT2D eigenvalue weighted by Gasteiger charge is 2.04. The maximum Gasteiger partial charge on any atom is 0.305 e. The van der Waals surface area contributed by atoms with E-state index in [2.05, 4.69) is 0 Å². The molecule has 0 aliphatic rings. The molecule has 1 N–H and O–H groups in total. The van der Waals surface area contributed by atoms with Gasteiger partial charge < -0.3 is 24.1 Å². The van der Waals surface area contributed by atoms with Gasteiger partial charge in [-0.25, -0.2) is 0 Å². The van der Waals surface area contributed by atoms with E-state index in [1.54, 1.807) is 0 Å². The fourth-order valence-corrected chi connectivity index (χ4v) is 1.54. The molecule has 0 saturated heterocycles. The molecule has 8 heteroatoms. The molecule has 0 amide bonds. The Morgan fingerprint density at radius 3 is 1.82 bits per heavy atom. The lowest BCUT2D eigenvalue weighted by Crippen LogP contribution is -2.14. The summed E-state index contributed by atoms with van der Waals surface area (Å²) in [6, 6.07) is 0. The van der Waals surface area contributed by atoms with Crippen molar-refractivity contribution in [3.8, 4) is 0 Å². The highest BCUT2D eigenvalue weighted by atomic mass is 35.5. The molecule has 0 atom stereocenters. The number of hydrogen-bond acceptors (Lipinski definition) is 6. The van der Waals surface area contributed by atoms with Crippen LogP contribution in [0.5, 0.6) is 0 Å². The van der Waals surface area contributed by atoms with Crippen molar-refractivity contribution in [1.29, 1.82) is 0 Å². The summed E-state index contributed by atoms with van der Waals surface area (Å²) in [5.74, 6) is -0.710. The van der Waals surface area contributed by atoms with Crippen LogP contribution in [0.25, 0.3) is 0 Å². The molecular formula is C14H25ClO7. The van der Waals surface area contributed by atoms with Crippen LogP contribution in [0, 0.1) is 0 Å². The Bertz CT molecular complexity index is 286. The summed E-state index contributed by atoms with van der Waals surface area (Å²) in [6.07, 6.45) is 1.31. The highest BCUT2D eigenvalue weighted by molar-refractivity contribution is 6.17. The maximum atomic E-state index is 11.3. The minimum Gasteiger partial charge on any atom is -0.481 e. The number of aliphatic carboxylic acids is 1. The van der Waals surface area contributed by atoms with Crippen molar-refractivity contribution in [2.24, 2.45) is 0 Å². The molecule has 0 aromatic carbocycles. The Balaban J connectivity index is 3.15. The van der Waals surface area contributed by atoms with Crippen LogP contribution in [0.15, 0.2) is 0 Å². The Morgan fingerprint density at radius 1 is 0.773 bits per heavy atom. The number of alkyl halides is 1. The van der Waals surface area contributed by atoms with Gasteiger partial charge in [-0.1, -0.05) is 0 Å². The number of esters is 1. The van der Waals surface area contributed by atoms with E-state index in [-0.39, 0.29) is 25.4 Å². The Morgan fingerprint density at radius 2 is 1.27 bits per heavy atom. The van der Waals surface area contributed by atoms with Gasteiger partial charge in [0.05, 0.1) is 39.6 Å². The lowest BCUT2D eigenvalue weighted by molar-refractivity contribution is -0.146. The van der Waals surface area contributed by atoms with Crippen molar-refractivity contribution >= 4 is 23.5 Å². The zero-order chi connectivity index (χ0) is 16.5. The largest absolute Gasteiger partial charge is 0.481 e. The van der Waals surface area contributed by atoms with Crippen LogP contribution < -0.4 is 0 Å². The van der Waals surface area contributed by atoms with Gasteiger partial charge in [-0.15, -0.1) is 11.6 Å². The molecule has 0 unspecified atom stereocenters. The molecule has 0 radical (unpaired) electrons. The number of carboxylic acid groups (broad SMARTS) is 1. The van der Waals surface area contributed by atoms with Crippen molar-refractivity contribution in [2.45, 2.75) is 25.7 Å². The van der Waals surface area contributed by atoms with Gasteiger partial charge in [-0.05, 0) is 12.8 Å². The van der Waals surface area contributed by atoms with Crippen LogP contribution in [0.4, 0.5) is 0 Å². The van der Waals surface area contributed by atoms with E-state index >= 15 is 0 Å². The number of carbonyl (C=O) groups is 2. The van der Waals surface area contributed by atoms with Gasteiger partial charge in [0.15, 0.2) is 0 Å². The fraction of sp³-hybridized carbons (Fsp3) is 0.857. The summed E-state index contributed by atoms with van der Waals surface area (Å²) in [5.41, 5.74) is 0. The van der Waals surface area contributed by atoms with Gasteiger partial charge in [0.25, 0.3) is 0 Å². The summed E-state index contributed by atoms with van der Waals surface area (Å²) in [5, 5.41) is 8.44. The van der Waals surface area contributed by atoms with Crippen LogP contribution in [0.1, 0.15) is 25.7 Å².